The van der Waals surface area contributed by atoms with Gasteiger partial charge < -0.3 is 9.88 Å². The van der Waals surface area contributed by atoms with Gasteiger partial charge in [0.25, 0.3) is 0 Å². The third-order valence-corrected chi connectivity index (χ3v) is 16.7. The molecule has 0 amide bonds. The van der Waals surface area contributed by atoms with Gasteiger partial charge in [-0.05, 0) is 109 Å². The van der Waals surface area contributed by atoms with Crippen molar-refractivity contribution in [1.29, 1.82) is 0 Å². The summed E-state index contributed by atoms with van der Waals surface area (Å²) < 4.78 is 10.6. The van der Waals surface area contributed by atoms with Gasteiger partial charge in [-0.25, -0.2) is 0 Å². The van der Waals surface area contributed by atoms with Crippen LogP contribution >= 0.6 is 34.0 Å². The Balaban J connectivity index is 1.16. The van der Waals surface area contributed by atoms with Crippen LogP contribution in [0.1, 0.15) is 79.0 Å². The molecule has 6 heteroatoms. The Morgan fingerprint density at radius 1 is 0.452 bits per heavy atom. The van der Waals surface area contributed by atoms with Gasteiger partial charge >= 0.3 is 0 Å². The fourth-order valence-corrected chi connectivity index (χ4v) is 13.2. The van der Waals surface area contributed by atoms with Crippen LogP contribution in [0.2, 0.25) is 0 Å². The Morgan fingerprint density at radius 3 is 1.84 bits per heavy atom. The molecular formula is C56H48BN2S3. The molecule has 2 nitrogen and oxygen atoms in total. The van der Waals surface area contributed by atoms with Gasteiger partial charge in [0.1, 0.15) is 0 Å². The third-order valence-electron chi connectivity index (χ3n) is 13.3. The van der Waals surface area contributed by atoms with Crippen LogP contribution in [0.5, 0.6) is 0 Å². The first-order valence-electron chi connectivity index (χ1n) is 21.8. The smallest absolute Gasteiger partial charge is 0.211 e. The van der Waals surface area contributed by atoms with E-state index in [2.05, 4.69) is 201 Å². The lowest BCUT2D eigenvalue weighted by molar-refractivity contribution is 0.590. The molecule has 1 N–H and O–H groups in total. The molecule has 7 aromatic carbocycles. The summed E-state index contributed by atoms with van der Waals surface area (Å²) >= 11 is 5.73. The molecule has 5 heterocycles. The fraction of sp³-hybridized carbons (Fsp3) is 0.214. The van der Waals surface area contributed by atoms with Crippen molar-refractivity contribution in [3.8, 4) is 16.8 Å². The normalized spacial score (nSPS) is 13.4. The average molecular weight is 856 g/mol. The van der Waals surface area contributed by atoms with E-state index in [4.69, 9.17) is 0 Å². The van der Waals surface area contributed by atoms with E-state index >= 15 is 0 Å². The van der Waals surface area contributed by atoms with Gasteiger partial charge in [-0.3, -0.25) is 0 Å². The third kappa shape index (κ3) is 5.79. The Kier molecular flexibility index (Phi) is 8.08. The first-order chi connectivity index (χ1) is 29.6. The van der Waals surface area contributed by atoms with Crippen molar-refractivity contribution in [2.75, 3.05) is 5.32 Å². The first-order valence-corrected chi connectivity index (χ1v) is 24.3. The molecular weight excluding hydrogens is 808 g/mol. The zero-order valence-corrected chi connectivity index (χ0v) is 39.2. The van der Waals surface area contributed by atoms with Crippen molar-refractivity contribution in [3.63, 3.8) is 0 Å². The van der Waals surface area contributed by atoms with E-state index in [1.54, 1.807) is 0 Å². The maximum Gasteiger partial charge on any atom is 0.211 e. The highest BCUT2D eigenvalue weighted by Crippen LogP contribution is 2.47. The van der Waals surface area contributed by atoms with Gasteiger partial charge in [0.15, 0.2) is 0 Å². The van der Waals surface area contributed by atoms with Crippen LogP contribution in [0.4, 0.5) is 11.4 Å². The number of anilines is 2. The second kappa shape index (κ2) is 13.1. The second-order valence-corrected chi connectivity index (χ2v) is 23.8. The number of fused-ring (bicyclic) bond motifs is 13. The molecule has 11 aromatic rings. The summed E-state index contributed by atoms with van der Waals surface area (Å²) in [4.78, 5) is 0. The minimum atomic E-state index is 0.0392. The highest BCUT2D eigenvalue weighted by molar-refractivity contribution is 7.29. The SMILES string of the molecule is CC(C)(C)c1ccc(Nc2cc3sc4cc(C(C)(C)C)ccc4c3cc2-c2ccc3c4cc5sc6ccccc6c5cc4n4c3c2[B]c2sc3ccc(C(C)(C)C)cc3c2-4)cc1. The number of rotatable bonds is 3. The van der Waals surface area contributed by atoms with Crippen LogP contribution < -0.4 is 15.6 Å². The fourth-order valence-electron chi connectivity index (χ4n) is 9.81. The van der Waals surface area contributed by atoms with E-state index in [0.717, 1.165) is 11.4 Å². The molecule has 0 spiro atoms. The minimum absolute atomic E-state index is 0.0392. The number of nitrogens with one attached hydrogen (secondary N) is 1. The van der Waals surface area contributed by atoms with Crippen LogP contribution in [0, 0.1) is 0 Å². The molecule has 0 fully saturated rings. The summed E-state index contributed by atoms with van der Waals surface area (Å²) in [6.45, 7) is 20.7. The molecule has 0 saturated heterocycles. The van der Waals surface area contributed by atoms with E-state index in [1.165, 1.54) is 116 Å². The van der Waals surface area contributed by atoms with Crippen molar-refractivity contribution >= 4 is 135 Å². The molecule has 0 aliphatic carbocycles. The van der Waals surface area contributed by atoms with Crippen molar-refractivity contribution in [3.05, 3.63) is 138 Å². The summed E-state index contributed by atoms with van der Waals surface area (Å²) in [5.74, 6) is 0. The molecule has 1 radical (unpaired) electrons. The molecule has 0 unspecified atom stereocenters. The van der Waals surface area contributed by atoms with Gasteiger partial charge in [-0.1, -0.05) is 123 Å². The quantitative estimate of drug-likeness (QED) is 0.175. The maximum atomic E-state index is 3.97. The molecule has 0 bridgehead atoms. The summed E-state index contributed by atoms with van der Waals surface area (Å²) in [6.07, 6.45) is 0. The standard InChI is InChI=1S/C56H48BN2S3/c1-54(2,3)30-14-18-33(19-15-30)58-43-29-49-40(35-20-16-32(56(7,8)9)25-47(35)61-49)26-38(43)36-21-22-37-39-28-48-41(34-12-10-11-13-45(34)60-48)27-44(39)59-51(37)50(36)57-53-52(59)42-24-31(55(4,5)6)17-23-46(42)62-53/h10-29,58H,1-9H3. The Hall–Kier alpha value is -5.40. The molecule has 0 saturated carbocycles. The van der Waals surface area contributed by atoms with Gasteiger partial charge in [-0.15, -0.1) is 34.0 Å². The Morgan fingerprint density at radius 2 is 1.06 bits per heavy atom. The number of aromatic nitrogens is 1. The number of hydrogen-bond donors (Lipinski definition) is 1. The summed E-state index contributed by atoms with van der Waals surface area (Å²) in [7, 11) is 2.51. The van der Waals surface area contributed by atoms with E-state index < -0.39 is 0 Å². The summed E-state index contributed by atoms with van der Waals surface area (Å²) in [5.41, 5.74) is 14.1. The van der Waals surface area contributed by atoms with E-state index in [9.17, 15) is 0 Å². The molecule has 4 aromatic heterocycles. The predicted molar refractivity (Wildman–Crippen MR) is 278 cm³/mol. The summed E-state index contributed by atoms with van der Waals surface area (Å²) in [5, 5.41) is 13.2. The number of benzene rings is 7. The van der Waals surface area contributed by atoms with Gasteiger partial charge in [0.2, 0.25) is 7.28 Å². The van der Waals surface area contributed by atoms with Crippen LogP contribution in [0.15, 0.2) is 121 Å². The first kappa shape index (κ1) is 38.3. The maximum absolute atomic E-state index is 3.97. The van der Waals surface area contributed by atoms with Crippen molar-refractivity contribution in [2.24, 2.45) is 0 Å². The van der Waals surface area contributed by atoms with Gasteiger partial charge in [0.05, 0.1) is 11.2 Å². The second-order valence-electron chi connectivity index (χ2n) is 20.6. The average Bonchev–Trinajstić information content (AvgIpc) is 3.97. The molecule has 12 rings (SSSR count). The lowest BCUT2D eigenvalue weighted by Gasteiger charge is -2.23. The molecule has 1 aliphatic heterocycles. The zero-order valence-electron chi connectivity index (χ0n) is 36.8. The van der Waals surface area contributed by atoms with E-state index in [0.29, 0.717) is 0 Å². The Bertz CT molecular complexity index is 3680. The van der Waals surface area contributed by atoms with Crippen LogP contribution in [-0.2, 0) is 16.2 Å². The number of hydrogen-bond acceptors (Lipinski definition) is 4. The zero-order chi connectivity index (χ0) is 42.6. The molecule has 0 atom stereocenters. The molecule has 303 valence electrons. The lowest BCUT2D eigenvalue weighted by atomic mass is 9.63. The topological polar surface area (TPSA) is 17.0 Å². The van der Waals surface area contributed by atoms with Crippen LogP contribution in [-0.4, -0.2) is 11.8 Å². The van der Waals surface area contributed by atoms with E-state index in [1.807, 2.05) is 34.0 Å². The van der Waals surface area contributed by atoms with Crippen LogP contribution in [0.3, 0.4) is 0 Å². The largest absolute Gasteiger partial charge is 0.355 e. The monoisotopic (exact) mass is 855 g/mol. The minimum Gasteiger partial charge on any atom is -0.355 e. The lowest BCUT2D eigenvalue weighted by Crippen LogP contribution is -2.35. The van der Waals surface area contributed by atoms with E-state index in [-0.39, 0.29) is 16.2 Å². The molecule has 1 aliphatic rings. The van der Waals surface area contributed by atoms with Gasteiger partial charge in [0, 0.05) is 83.7 Å². The van der Waals surface area contributed by atoms with Crippen molar-refractivity contribution in [1.82, 2.24) is 4.57 Å². The van der Waals surface area contributed by atoms with Gasteiger partial charge in [-0.2, -0.15) is 0 Å². The molecule has 62 heavy (non-hydrogen) atoms. The highest BCUT2D eigenvalue weighted by Gasteiger charge is 2.31. The predicted octanol–water partition coefficient (Wildman–Crippen LogP) is 16.0. The van der Waals surface area contributed by atoms with Crippen molar-refractivity contribution < 1.29 is 0 Å². The number of thiophene rings is 3. The Labute approximate surface area is 376 Å². The highest BCUT2D eigenvalue weighted by atomic mass is 32.1. The van der Waals surface area contributed by atoms with Crippen molar-refractivity contribution in [2.45, 2.75) is 78.6 Å². The summed E-state index contributed by atoms with van der Waals surface area (Å²) in [6, 6.07) is 46.9. The number of nitrogens with zero attached hydrogens (tertiary/aromatic N) is 1. The van der Waals surface area contributed by atoms with Crippen LogP contribution in [0.25, 0.3) is 89.1 Å².